The normalized spacial score (nSPS) is 17.5. The van der Waals surface area contributed by atoms with Crippen molar-refractivity contribution in [1.82, 2.24) is 9.88 Å². The molecule has 1 aromatic heterocycles. The molecule has 4 nitrogen and oxygen atoms in total. The van der Waals surface area contributed by atoms with Gasteiger partial charge in [-0.1, -0.05) is 42.5 Å². The van der Waals surface area contributed by atoms with E-state index in [1.807, 2.05) is 0 Å². The number of nitrogens with one attached hydrogen (secondary N) is 1. The van der Waals surface area contributed by atoms with Crippen LogP contribution in [0.25, 0.3) is 17.0 Å². The average molecular weight is 374 g/mol. The van der Waals surface area contributed by atoms with Gasteiger partial charge in [0.25, 0.3) is 0 Å². The van der Waals surface area contributed by atoms with Gasteiger partial charge in [0.15, 0.2) is 0 Å². The molecular formula is C24H26N2O2. The first-order valence-electron chi connectivity index (χ1n) is 9.89. The molecule has 4 heteroatoms. The predicted molar refractivity (Wildman–Crippen MR) is 113 cm³/mol. The highest BCUT2D eigenvalue weighted by molar-refractivity contribution is 5.86. The molecule has 0 bridgehead atoms. The van der Waals surface area contributed by atoms with Gasteiger partial charge in [-0.15, -0.1) is 0 Å². The number of hydrogen-bond acceptors (Lipinski definition) is 3. The van der Waals surface area contributed by atoms with Crippen molar-refractivity contribution in [3.63, 3.8) is 0 Å². The summed E-state index contributed by atoms with van der Waals surface area (Å²) in [6.45, 7) is 2.22. The van der Waals surface area contributed by atoms with Crippen LogP contribution >= 0.6 is 0 Å². The maximum atomic E-state index is 11.2. The highest BCUT2D eigenvalue weighted by Gasteiger charge is 2.25. The molecule has 3 aromatic rings. The van der Waals surface area contributed by atoms with E-state index >= 15 is 0 Å². The first-order valence-corrected chi connectivity index (χ1v) is 9.89. The van der Waals surface area contributed by atoms with Gasteiger partial charge in [0.05, 0.1) is 7.11 Å². The van der Waals surface area contributed by atoms with Gasteiger partial charge < -0.3 is 9.72 Å². The summed E-state index contributed by atoms with van der Waals surface area (Å²) in [4.78, 5) is 17.2. The summed E-state index contributed by atoms with van der Waals surface area (Å²) in [5, 5.41) is 1.33. The monoisotopic (exact) mass is 374 g/mol. The Morgan fingerprint density at radius 1 is 1.21 bits per heavy atom. The van der Waals surface area contributed by atoms with Crippen molar-refractivity contribution >= 4 is 22.9 Å². The van der Waals surface area contributed by atoms with Crippen LogP contribution in [0.2, 0.25) is 0 Å². The number of para-hydroxylation sites is 1. The lowest BCUT2D eigenvalue weighted by Crippen LogP contribution is -2.25. The van der Waals surface area contributed by atoms with Gasteiger partial charge in [-0.25, -0.2) is 4.79 Å². The summed E-state index contributed by atoms with van der Waals surface area (Å²) in [5.41, 5.74) is 4.97. The van der Waals surface area contributed by atoms with Crippen molar-refractivity contribution in [2.45, 2.75) is 25.3 Å². The summed E-state index contributed by atoms with van der Waals surface area (Å²) in [7, 11) is 1.39. The van der Waals surface area contributed by atoms with E-state index in [1.54, 1.807) is 6.08 Å². The van der Waals surface area contributed by atoms with Crippen molar-refractivity contribution in [3.05, 3.63) is 77.5 Å². The Kier molecular flexibility index (Phi) is 5.58. The molecule has 0 aliphatic carbocycles. The fourth-order valence-electron chi connectivity index (χ4n) is 4.14. The minimum Gasteiger partial charge on any atom is -0.466 e. The SMILES string of the molecule is COC(=O)C=Cc1ccc(C2CCCN2CCc2c[nH]c3ccccc23)cc1. The van der Waals surface area contributed by atoms with Crippen molar-refractivity contribution < 1.29 is 9.53 Å². The number of benzene rings is 2. The number of carbonyl (C=O) groups is 1. The summed E-state index contributed by atoms with van der Waals surface area (Å²) in [5.74, 6) is -0.330. The van der Waals surface area contributed by atoms with E-state index in [0.717, 1.165) is 25.1 Å². The zero-order valence-electron chi connectivity index (χ0n) is 16.2. The van der Waals surface area contributed by atoms with Crippen molar-refractivity contribution in [2.75, 3.05) is 20.2 Å². The fraction of sp³-hybridized carbons (Fsp3) is 0.292. The van der Waals surface area contributed by atoms with Crippen molar-refractivity contribution in [2.24, 2.45) is 0 Å². The van der Waals surface area contributed by atoms with E-state index < -0.39 is 0 Å². The molecule has 144 valence electrons. The standard InChI is InChI=1S/C24H26N2O2/c1-28-24(27)13-10-18-8-11-19(12-9-18)23-7-4-15-26(23)16-14-20-17-25-22-6-3-2-5-21(20)22/h2-3,5-6,8-13,17,23,25H,4,7,14-16H2,1H3. The minimum absolute atomic E-state index is 0.330. The van der Waals surface area contributed by atoms with Crippen LogP contribution in [-0.4, -0.2) is 36.1 Å². The topological polar surface area (TPSA) is 45.3 Å². The fourth-order valence-corrected chi connectivity index (χ4v) is 4.14. The number of esters is 1. The number of likely N-dealkylation sites (tertiary alicyclic amines) is 1. The highest BCUT2D eigenvalue weighted by atomic mass is 16.5. The Hall–Kier alpha value is -2.85. The lowest BCUT2D eigenvalue weighted by Gasteiger charge is -2.25. The van der Waals surface area contributed by atoms with Gasteiger partial charge >= 0.3 is 5.97 Å². The van der Waals surface area contributed by atoms with Gasteiger partial charge in [-0.3, -0.25) is 4.90 Å². The number of H-pyrrole nitrogens is 1. The maximum Gasteiger partial charge on any atom is 0.330 e. The molecule has 1 N–H and O–H groups in total. The number of rotatable bonds is 6. The molecule has 0 saturated carbocycles. The zero-order valence-corrected chi connectivity index (χ0v) is 16.2. The summed E-state index contributed by atoms with van der Waals surface area (Å²) in [6.07, 6.45) is 8.89. The molecule has 1 atom stereocenters. The Morgan fingerprint density at radius 2 is 2.04 bits per heavy atom. The summed E-state index contributed by atoms with van der Waals surface area (Å²) in [6, 6.07) is 17.5. The lowest BCUT2D eigenvalue weighted by atomic mass is 10.0. The van der Waals surface area contributed by atoms with E-state index in [2.05, 4.69) is 69.3 Å². The second-order valence-corrected chi connectivity index (χ2v) is 7.33. The molecule has 0 amide bonds. The summed E-state index contributed by atoms with van der Waals surface area (Å²) >= 11 is 0. The van der Waals surface area contributed by atoms with Crippen molar-refractivity contribution in [1.29, 1.82) is 0 Å². The summed E-state index contributed by atoms with van der Waals surface area (Å²) < 4.78 is 4.64. The second-order valence-electron chi connectivity index (χ2n) is 7.33. The number of hydrogen-bond donors (Lipinski definition) is 1. The van der Waals surface area contributed by atoms with Crippen LogP contribution in [0.1, 0.15) is 35.6 Å². The van der Waals surface area contributed by atoms with Crippen LogP contribution in [0.15, 0.2) is 60.8 Å². The Morgan fingerprint density at radius 3 is 2.86 bits per heavy atom. The molecule has 0 radical (unpaired) electrons. The van der Waals surface area contributed by atoms with Gasteiger partial charge in [0.1, 0.15) is 0 Å². The molecule has 1 saturated heterocycles. The van der Waals surface area contributed by atoms with Crippen LogP contribution in [0, 0.1) is 0 Å². The third-order valence-electron chi connectivity index (χ3n) is 5.64. The third kappa shape index (κ3) is 4.02. The molecular weight excluding hydrogens is 348 g/mol. The van der Waals surface area contributed by atoms with E-state index in [4.69, 9.17) is 0 Å². The van der Waals surface area contributed by atoms with E-state index in [-0.39, 0.29) is 5.97 Å². The Labute approximate surface area is 165 Å². The smallest absolute Gasteiger partial charge is 0.330 e. The van der Waals surface area contributed by atoms with E-state index in [9.17, 15) is 4.79 Å². The average Bonchev–Trinajstić information content (AvgIpc) is 3.37. The number of nitrogens with zero attached hydrogens (tertiary/aromatic N) is 1. The number of fused-ring (bicyclic) bond motifs is 1. The zero-order chi connectivity index (χ0) is 19.3. The number of ether oxygens (including phenoxy) is 1. The highest BCUT2D eigenvalue weighted by Crippen LogP contribution is 2.32. The molecule has 2 aromatic carbocycles. The van der Waals surface area contributed by atoms with Crippen LogP contribution in [0.3, 0.4) is 0 Å². The molecule has 1 aliphatic heterocycles. The number of methoxy groups -OCH3 is 1. The maximum absolute atomic E-state index is 11.2. The van der Waals surface area contributed by atoms with Crippen LogP contribution in [0.5, 0.6) is 0 Å². The molecule has 1 aliphatic rings. The first kappa shape index (κ1) is 18.5. The van der Waals surface area contributed by atoms with E-state index in [0.29, 0.717) is 6.04 Å². The van der Waals surface area contributed by atoms with Gasteiger partial charge in [0.2, 0.25) is 0 Å². The quantitative estimate of drug-likeness (QED) is 0.501. The molecule has 2 heterocycles. The minimum atomic E-state index is -0.330. The molecule has 1 unspecified atom stereocenters. The number of carbonyl (C=O) groups excluding carboxylic acids is 1. The van der Waals surface area contributed by atoms with Crippen molar-refractivity contribution in [3.8, 4) is 0 Å². The predicted octanol–water partition coefficient (Wildman–Crippen LogP) is 4.73. The third-order valence-corrected chi connectivity index (χ3v) is 5.64. The second kappa shape index (κ2) is 8.44. The Bertz CT molecular complexity index is 972. The molecule has 4 rings (SSSR count). The number of aromatic nitrogens is 1. The van der Waals surface area contributed by atoms with Gasteiger partial charge in [-0.2, -0.15) is 0 Å². The first-order chi connectivity index (χ1) is 13.7. The van der Waals surface area contributed by atoms with Crippen LogP contribution in [0.4, 0.5) is 0 Å². The molecule has 1 fully saturated rings. The number of aromatic amines is 1. The Balaban J connectivity index is 1.42. The lowest BCUT2D eigenvalue weighted by molar-refractivity contribution is -0.134. The van der Waals surface area contributed by atoms with Gasteiger partial charge in [0, 0.05) is 35.8 Å². The molecule has 0 spiro atoms. The van der Waals surface area contributed by atoms with Crippen LogP contribution in [-0.2, 0) is 16.0 Å². The van der Waals surface area contributed by atoms with Gasteiger partial charge in [-0.05, 0) is 54.6 Å². The molecule has 28 heavy (non-hydrogen) atoms. The largest absolute Gasteiger partial charge is 0.466 e. The van der Waals surface area contributed by atoms with Crippen LogP contribution < -0.4 is 0 Å². The van der Waals surface area contributed by atoms with E-state index in [1.165, 1.54) is 48.1 Å².